The molecule has 1 atom stereocenters. The number of ether oxygens (including phenoxy) is 2. The van der Waals surface area contributed by atoms with Crippen LogP contribution in [0, 0.1) is 6.92 Å². The molecular formula is C28H29N3O5. The molecule has 1 aliphatic rings. The standard InChI is InChI=1S/C28H29N3O5/c1-4-36-24-15-9-21(10-16-24)29-26(32)17-25-27(33)31(22-11-5-19(2)6-12-22)28(34)30(25)18-20-7-13-23(35-3)14-8-20/h5-16,25H,4,17-18H2,1-3H3,(H,29,32). The van der Waals surface area contributed by atoms with Gasteiger partial charge in [0.2, 0.25) is 5.91 Å². The molecule has 1 N–H and O–H groups in total. The van der Waals surface area contributed by atoms with Crippen molar-refractivity contribution in [2.75, 3.05) is 23.9 Å². The molecule has 0 spiro atoms. The highest BCUT2D eigenvalue weighted by Crippen LogP contribution is 2.29. The maximum atomic E-state index is 13.5. The van der Waals surface area contributed by atoms with Crippen LogP contribution in [0.3, 0.4) is 0 Å². The highest BCUT2D eigenvalue weighted by atomic mass is 16.5. The van der Waals surface area contributed by atoms with Crippen LogP contribution < -0.4 is 19.7 Å². The summed E-state index contributed by atoms with van der Waals surface area (Å²) in [5.41, 5.74) is 2.89. The molecule has 36 heavy (non-hydrogen) atoms. The van der Waals surface area contributed by atoms with Gasteiger partial charge in [-0.1, -0.05) is 29.8 Å². The van der Waals surface area contributed by atoms with E-state index in [-0.39, 0.29) is 18.9 Å². The van der Waals surface area contributed by atoms with Gasteiger partial charge in [0.15, 0.2) is 0 Å². The number of amides is 4. The van der Waals surface area contributed by atoms with Crippen LogP contribution in [-0.2, 0) is 16.1 Å². The molecular weight excluding hydrogens is 458 g/mol. The Balaban J connectivity index is 1.56. The van der Waals surface area contributed by atoms with Gasteiger partial charge < -0.3 is 19.7 Å². The van der Waals surface area contributed by atoms with Crippen molar-refractivity contribution in [1.29, 1.82) is 0 Å². The molecule has 0 bridgehead atoms. The Morgan fingerprint density at radius 3 is 2.17 bits per heavy atom. The quantitative estimate of drug-likeness (QED) is 0.440. The Hall–Kier alpha value is -4.33. The number of hydrogen-bond acceptors (Lipinski definition) is 5. The number of carbonyl (C=O) groups excluding carboxylic acids is 3. The molecule has 0 saturated carbocycles. The van der Waals surface area contributed by atoms with Crippen LogP contribution in [0.1, 0.15) is 24.5 Å². The second kappa shape index (κ2) is 10.9. The van der Waals surface area contributed by atoms with Crippen molar-refractivity contribution in [2.24, 2.45) is 0 Å². The van der Waals surface area contributed by atoms with Crippen molar-refractivity contribution in [2.45, 2.75) is 32.9 Å². The number of methoxy groups -OCH3 is 1. The molecule has 1 saturated heterocycles. The number of nitrogens with one attached hydrogen (secondary N) is 1. The van der Waals surface area contributed by atoms with Gasteiger partial charge in [0.05, 0.1) is 25.8 Å². The topological polar surface area (TPSA) is 88.2 Å². The lowest BCUT2D eigenvalue weighted by molar-refractivity contribution is -0.124. The van der Waals surface area contributed by atoms with Gasteiger partial charge in [-0.05, 0) is 67.9 Å². The van der Waals surface area contributed by atoms with Crippen molar-refractivity contribution < 1.29 is 23.9 Å². The molecule has 4 rings (SSSR count). The molecule has 1 aliphatic heterocycles. The van der Waals surface area contributed by atoms with Gasteiger partial charge in [0.1, 0.15) is 17.5 Å². The summed E-state index contributed by atoms with van der Waals surface area (Å²) in [6.07, 6.45) is -0.170. The number of aryl methyl sites for hydroxylation is 1. The van der Waals surface area contributed by atoms with Crippen molar-refractivity contribution >= 4 is 29.2 Å². The lowest BCUT2D eigenvalue weighted by atomic mass is 10.1. The fourth-order valence-electron chi connectivity index (χ4n) is 4.06. The number of urea groups is 1. The first-order valence-corrected chi connectivity index (χ1v) is 11.8. The van der Waals surface area contributed by atoms with E-state index in [1.54, 1.807) is 55.6 Å². The first kappa shape index (κ1) is 24.8. The summed E-state index contributed by atoms with van der Waals surface area (Å²) >= 11 is 0. The molecule has 1 fully saturated rings. The number of rotatable bonds is 9. The maximum Gasteiger partial charge on any atom is 0.332 e. The number of benzene rings is 3. The van der Waals surface area contributed by atoms with Gasteiger partial charge in [0, 0.05) is 12.2 Å². The van der Waals surface area contributed by atoms with Crippen LogP contribution in [0.15, 0.2) is 72.8 Å². The molecule has 1 heterocycles. The lowest BCUT2D eigenvalue weighted by Crippen LogP contribution is -2.37. The summed E-state index contributed by atoms with van der Waals surface area (Å²) in [5.74, 6) is 0.594. The van der Waals surface area contributed by atoms with Crippen LogP contribution in [0.4, 0.5) is 16.2 Å². The summed E-state index contributed by atoms with van der Waals surface area (Å²) in [5, 5.41) is 2.82. The SMILES string of the molecule is CCOc1ccc(NC(=O)CC2C(=O)N(c3ccc(C)cc3)C(=O)N2Cc2ccc(OC)cc2)cc1. The number of hydrogen-bond donors (Lipinski definition) is 1. The molecule has 186 valence electrons. The van der Waals surface area contributed by atoms with E-state index >= 15 is 0 Å². The zero-order valence-electron chi connectivity index (χ0n) is 20.6. The van der Waals surface area contributed by atoms with E-state index in [0.29, 0.717) is 29.5 Å². The van der Waals surface area contributed by atoms with Crippen LogP contribution >= 0.6 is 0 Å². The minimum Gasteiger partial charge on any atom is -0.497 e. The molecule has 0 radical (unpaired) electrons. The van der Waals surface area contributed by atoms with Gasteiger partial charge in [-0.2, -0.15) is 0 Å². The predicted octanol–water partition coefficient (Wildman–Crippen LogP) is 4.77. The monoisotopic (exact) mass is 487 g/mol. The van der Waals surface area contributed by atoms with E-state index in [1.165, 1.54) is 4.90 Å². The van der Waals surface area contributed by atoms with E-state index in [1.807, 2.05) is 38.1 Å². The molecule has 8 heteroatoms. The lowest BCUT2D eigenvalue weighted by Gasteiger charge is -2.22. The van der Waals surface area contributed by atoms with Crippen LogP contribution in [0.5, 0.6) is 11.5 Å². The number of carbonyl (C=O) groups is 3. The third kappa shape index (κ3) is 5.49. The Bertz CT molecular complexity index is 1220. The van der Waals surface area contributed by atoms with Crippen LogP contribution in [-0.4, -0.2) is 42.5 Å². The molecule has 0 aromatic heterocycles. The largest absolute Gasteiger partial charge is 0.497 e. The Kier molecular flexibility index (Phi) is 7.53. The highest BCUT2D eigenvalue weighted by Gasteiger charge is 2.46. The smallest absolute Gasteiger partial charge is 0.332 e. The normalized spacial score (nSPS) is 15.2. The first-order chi connectivity index (χ1) is 17.4. The van der Waals surface area contributed by atoms with Gasteiger partial charge in [-0.25, -0.2) is 9.69 Å². The number of nitrogens with zero attached hydrogens (tertiary/aromatic N) is 2. The second-order valence-corrected chi connectivity index (χ2v) is 8.49. The van der Waals surface area contributed by atoms with Crippen molar-refractivity contribution in [3.63, 3.8) is 0 Å². The van der Waals surface area contributed by atoms with E-state index in [4.69, 9.17) is 9.47 Å². The third-order valence-electron chi connectivity index (χ3n) is 5.95. The average Bonchev–Trinajstić information content (AvgIpc) is 3.10. The third-order valence-corrected chi connectivity index (χ3v) is 5.95. The van der Waals surface area contributed by atoms with Crippen molar-refractivity contribution in [3.8, 4) is 11.5 Å². The predicted molar refractivity (Wildman–Crippen MR) is 137 cm³/mol. The van der Waals surface area contributed by atoms with Crippen molar-refractivity contribution in [1.82, 2.24) is 4.90 Å². The molecule has 0 aliphatic carbocycles. The van der Waals surface area contributed by atoms with E-state index in [0.717, 1.165) is 16.0 Å². The highest BCUT2D eigenvalue weighted by molar-refractivity contribution is 6.22. The molecule has 8 nitrogen and oxygen atoms in total. The second-order valence-electron chi connectivity index (χ2n) is 8.49. The maximum absolute atomic E-state index is 13.5. The Labute approximate surface area is 210 Å². The molecule has 3 aromatic rings. The molecule has 4 amide bonds. The number of anilines is 2. The Morgan fingerprint density at radius 2 is 1.56 bits per heavy atom. The van der Waals surface area contributed by atoms with Gasteiger partial charge in [-0.3, -0.25) is 9.59 Å². The fraction of sp³-hybridized carbons (Fsp3) is 0.250. The summed E-state index contributed by atoms with van der Waals surface area (Å²) < 4.78 is 10.6. The average molecular weight is 488 g/mol. The van der Waals surface area contributed by atoms with E-state index in [2.05, 4.69) is 5.32 Å². The number of imide groups is 1. The Morgan fingerprint density at radius 1 is 0.917 bits per heavy atom. The summed E-state index contributed by atoms with van der Waals surface area (Å²) in [6, 6.07) is 20.0. The minimum absolute atomic E-state index is 0.170. The fourth-order valence-corrected chi connectivity index (χ4v) is 4.06. The minimum atomic E-state index is -0.941. The zero-order valence-corrected chi connectivity index (χ0v) is 20.6. The van der Waals surface area contributed by atoms with Gasteiger partial charge in [-0.15, -0.1) is 0 Å². The zero-order chi connectivity index (χ0) is 25.7. The van der Waals surface area contributed by atoms with E-state index < -0.39 is 18.0 Å². The van der Waals surface area contributed by atoms with E-state index in [9.17, 15) is 14.4 Å². The summed E-state index contributed by atoms with van der Waals surface area (Å²) in [6.45, 7) is 4.55. The first-order valence-electron chi connectivity index (χ1n) is 11.8. The van der Waals surface area contributed by atoms with Crippen molar-refractivity contribution in [3.05, 3.63) is 83.9 Å². The molecule has 1 unspecified atom stereocenters. The van der Waals surface area contributed by atoms with Gasteiger partial charge >= 0.3 is 6.03 Å². The molecule has 3 aromatic carbocycles. The van der Waals surface area contributed by atoms with Crippen LogP contribution in [0.2, 0.25) is 0 Å². The van der Waals surface area contributed by atoms with Crippen LogP contribution in [0.25, 0.3) is 0 Å². The van der Waals surface area contributed by atoms with Gasteiger partial charge in [0.25, 0.3) is 5.91 Å². The summed E-state index contributed by atoms with van der Waals surface area (Å²) in [4.78, 5) is 42.4. The summed E-state index contributed by atoms with van der Waals surface area (Å²) in [7, 11) is 1.58.